The number of nitrogens with one attached hydrogen (secondary N) is 2. The summed E-state index contributed by atoms with van der Waals surface area (Å²) >= 11 is 1.72. The van der Waals surface area contributed by atoms with Gasteiger partial charge in [-0.25, -0.2) is 9.98 Å². The van der Waals surface area contributed by atoms with E-state index in [2.05, 4.69) is 39.0 Å². The predicted octanol–water partition coefficient (Wildman–Crippen LogP) is 4.82. The van der Waals surface area contributed by atoms with Crippen LogP contribution < -0.4 is 20.1 Å². The molecule has 1 aromatic carbocycles. The largest absolute Gasteiger partial charge is 0.497 e. The van der Waals surface area contributed by atoms with Crippen LogP contribution in [0.1, 0.15) is 17.4 Å². The van der Waals surface area contributed by atoms with Crippen molar-refractivity contribution in [1.82, 2.24) is 15.6 Å². The summed E-state index contributed by atoms with van der Waals surface area (Å²) in [6.07, 6.45) is 1.78. The topological polar surface area (TPSA) is 67.8 Å². The van der Waals surface area contributed by atoms with E-state index in [-0.39, 0.29) is 24.0 Å². The van der Waals surface area contributed by atoms with Gasteiger partial charge in [-0.05, 0) is 36.1 Å². The number of guanidine groups is 1. The molecule has 0 aliphatic heterocycles. The van der Waals surface area contributed by atoms with Gasteiger partial charge in [-0.1, -0.05) is 18.2 Å². The fraction of sp³-hybridized carbons (Fsp3) is 0.238. The Bertz CT molecular complexity index is 886. The van der Waals surface area contributed by atoms with E-state index >= 15 is 0 Å². The summed E-state index contributed by atoms with van der Waals surface area (Å²) in [6.45, 7) is 4.15. The lowest BCUT2D eigenvalue weighted by Crippen LogP contribution is -2.36. The number of nitrogens with zero attached hydrogens (tertiary/aromatic N) is 2. The summed E-state index contributed by atoms with van der Waals surface area (Å²) in [6, 6.07) is 15.4. The number of hydrogen-bond acceptors (Lipinski definition) is 5. The standard InChI is InChI=1S/C21H24N4O2S.HI/c1-3-22-21(25-15-19-8-5-11-28-19)24-14-16-9-10-20(23-13-16)27-18-7-4-6-17(12-18)26-2;/h4-13H,3,14-15H2,1-2H3,(H2,22,24,25);1H. The molecule has 0 aliphatic carbocycles. The van der Waals surface area contributed by atoms with Gasteiger partial charge in [-0.15, -0.1) is 35.3 Å². The van der Waals surface area contributed by atoms with Crippen molar-refractivity contribution in [3.8, 4) is 17.4 Å². The summed E-state index contributed by atoms with van der Waals surface area (Å²) in [5.41, 5.74) is 1.01. The van der Waals surface area contributed by atoms with Crippen molar-refractivity contribution in [2.24, 2.45) is 4.99 Å². The molecule has 0 saturated heterocycles. The Balaban J connectivity index is 0.00000300. The predicted molar refractivity (Wildman–Crippen MR) is 129 cm³/mol. The molecule has 2 heterocycles. The minimum absolute atomic E-state index is 0. The summed E-state index contributed by atoms with van der Waals surface area (Å²) in [7, 11) is 1.63. The van der Waals surface area contributed by atoms with Gasteiger partial charge in [0, 0.05) is 29.8 Å². The number of ether oxygens (including phenoxy) is 2. The molecule has 0 radical (unpaired) electrons. The van der Waals surface area contributed by atoms with E-state index in [1.54, 1.807) is 24.6 Å². The number of benzene rings is 1. The monoisotopic (exact) mass is 524 g/mol. The molecule has 3 aromatic rings. The molecule has 6 nitrogen and oxygen atoms in total. The number of rotatable bonds is 8. The number of halogens is 1. The van der Waals surface area contributed by atoms with E-state index in [0.717, 1.165) is 30.4 Å². The van der Waals surface area contributed by atoms with Crippen LogP contribution in [-0.2, 0) is 13.1 Å². The van der Waals surface area contributed by atoms with Gasteiger partial charge in [-0.2, -0.15) is 0 Å². The molecule has 0 fully saturated rings. The van der Waals surface area contributed by atoms with Crippen molar-refractivity contribution in [1.29, 1.82) is 0 Å². The molecule has 0 atom stereocenters. The van der Waals surface area contributed by atoms with Crippen LogP contribution in [0.15, 0.2) is 65.1 Å². The Kier molecular flexibility index (Phi) is 9.72. The van der Waals surface area contributed by atoms with Gasteiger partial charge in [0.25, 0.3) is 0 Å². The normalized spacial score (nSPS) is 10.8. The van der Waals surface area contributed by atoms with Gasteiger partial charge in [0.05, 0.1) is 20.2 Å². The molecule has 0 unspecified atom stereocenters. The summed E-state index contributed by atoms with van der Waals surface area (Å²) in [5.74, 6) is 2.75. The third kappa shape index (κ3) is 7.54. The molecule has 154 valence electrons. The maximum Gasteiger partial charge on any atom is 0.219 e. The number of aliphatic imine (C=N–C) groups is 1. The highest BCUT2D eigenvalue weighted by Gasteiger charge is 2.03. The maximum absolute atomic E-state index is 5.77. The molecular weight excluding hydrogens is 499 g/mol. The lowest BCUT2D eigenvalue weighted by Gasteiger charge is -2.10. The Morgan fingerprint density at radius 3 is 2.66 bits per heavy atom. The second-order valence-corrected chi connectivity index (χ2v) is 6.95. The Morgan fingerprint density at radius 2 is 1.97 bits per heavy atom. The first-order valence-electron chi connectivity index (χ1n) is 9.08. The van der Waals surface area contributed by atoms with Crippen LogP contribution in [0.5, 0.6) is 17.4 Å². The Labute approximate surface area is 192 Å². The average molecular weight is 524 g/mol. The third-order valence-corrected chi connectivity index (χ3v) is 4.71. The fourth-order valence-corrected chi connectivity index (χ4v) is 3.09. The number of hydrogen-bond donors (Lipinski definition) is 2. The lowest BCUT2D eigenvalue weighted by molar-refractivity contribution is 0.407. The van der Waals surface area contributed by atoms with Gasteiger partial charge in [0.15, 0.2) is 5.96 Å². The smallest absolute Gasteiger partial charge is 0.219 e. The Hall–Kier alpha value is -2.33. The van der Waals surface area contributed by atoms with Crippen LogP contribution in [0.25, 0.3) is 0 Å². The SMILES string of the molecule is CCNC(=NCc1ccc(Oc2cccc(OC)c2)nc1)NCc1cccs1.I. The highest BCUT2D eigenvalue weighted by molar-refractivity contribution is 14.0. The molecule has 3 rings (SSSR count). The number of thiophene rings is 1. The van der Waals surface area contributed by atoms with Crippen LogP contribution in [0.4, 0.5) is 0 Å². The third-order valence-electron chi connectivity index (χ3n) is 3.84. The average Bonchev–Trinajstić information content (AvgIpc) is 3.25. The lowest BCUT2D eigenvalue weighted by atomic mass is 10.3. The first-order chi connectivity index (χ1) is 13.8. The molecule has 0 spiro atoms. The van der Waals surface area contributed by atoms with Crippen LogP contribution in [0, 0.1) is 0 Å². The zero-order valence-corrected chi connectivity index (χ0v) is 19.6. The van der Waals surface area contributed by atoms with Crippen LogP contribution in [0.3, 0.4) is 0 Å². The van der Waals surface area contributed by atoms with Gasteiger partial charge >= 0.3 is 0 Å². The molecule has 0 amide bonds. The number of methoxy groups -OCH3 is 1. The van der Waals surface area contributed by atoms with Gasteiger partial charge < -0.3 is 20.1 Å². The van der Waals surface area contributed by atoms with Gasteiger partial charge in [0.1, 0.15) is 11.5 Å². The second-order valence-electron chi connectivity index (χ2n) is 5.91. The van der Waals surface area contributed by atoms with E-state index in [0.29, 0.717) is 18.2 Å². The summed E-state index contributed by atoms with van der Waals surface area (Å²) in [4.78, 5) is 10.3. The van der Waals surface area contributed by atoms with Crippen molar-refractivity contribution in [3.63, 3.8) is 0 Å². The quantitative estimate of drug-likeness (QED) is 0.251. The molecule has 0 bridgehead atoms. The number of pyridine rings is 1. The zero-order valence-electron chi connectivity index (χ0n) is 16.4. The molecule has 29 heavy (non-hydrogen) atoms. The molecule has 0 aliphatic rings. The molecule has 8 heteroatoms. The van der Waals surface area contributed by atoms with Gasteiger partial charge in [0.2, 0.25) is 5.88 Å². The number of aromatic nitrogens is 1. The minimum atomic E-state index is 0. The molecule has 0 saturated carbocycles. The van der Waals surface area contributed by atoms with Gasteiger partial charge in [-0.3, -0.25) is 0 Å². The summed E-state index contributed by atoms with van der Waals surface area (Å²) < 4.78 is 11.0. The second kappa shape index (κ2) is 12.3. The van der Waals surface area contributed by atoms with E-state index in [9.17, 15) is 0 Å². The van der Waals surface area contributed by atoms with Crippen molar-refractivity contribution in [2.75, 3.05) is 13.7 Å². The summed E-state index contributed by atoms with van der Waals surface area (Å²) in [5, 5.41) is 8.67. The van der Waals surface area contributed by atoms with E-state index in [4.69, 9.17) is 9.47 Å². The van der Waals surface area contributed by atoms with E-state index in [1.165, 1.54) is 4.88 Å². The van der Waals surface area contributed by atoms with Crippen molar-refractivity contribution in [3.05, 3.63) is 70.5 Å². The maximum atomic E-state index is 5.77. The minimum Gasteiger partial charge on any atom is -0.497 e. The first-order valence-corrected chi connectivity index (χ1v) is 9.96. The van der Waals surface area contributed by atoms with Crippen LogP contribution >= 0.6 is 35.3 Å². The highest BCUT2D eigenvalue weighted by atomic mass is 127. The van der Waals surface area contributed by atoms with E-state index in [1.807, 2.05) is 42.5 Å². The van der Waals surface area contributed by atoms with Crippen molar-refractivity contribution in [2.45, 2.75) is 20.0 Å². The zero-order chi connectivity index (χ0) is 19.6. The molecular formula is C21H25IN4O2S. The van der Waals surface area contributed by atoms with Crippen LogP contribution in [-0.4, -0.2) is 24.6 Å². The van der Waals surface area contributed by atoms with E-state index < -0.39 is 0 Å². The molecule has 2 aromatic heterocycles. The first kappa shape index (κ1) is 23.0. The highest BCUT2D eigenvalue weighted by Crippen LogP contribution is 2.23. The van der Waals surface area contributed by atoms with Crippen molar-refractivity contribution < 1.29 is 9.47 Å². The van der Waals surface area contributed by atoms with Crippen LogP contribution in [0.2, 0.25) is 0 Å². The molecule has 2 N–H and O–H groups in total. The fourth-order valence-electron chi connectivity index (χ4n) is 2.45. The Morgan fingerprint density at radius 1 is 1.10 bits per heavy atom. The van der Waals surface area contributed by atoms with Crippen molar-refractivity contribution >= 4 is 41.3 Å².